The molecule has 1 aliphatic rings. The Balaban J connectivity index is 1.80. The van der Waals surface area contributed by atoms with Gasteiger partial charge in [-0.2, -0.15) is 0 Å². The molecule has 1 atom stereocenters. The average Bonchev–Trinajstić information content (AvgIpc) is 3.25. The predicted molar refractivity (Wildman–Crippen MR) is 123 cm³/mol. The highest BCUT2D eigenvalue weighted by molar-refractivity contribution is 9.10. The molecule has 1 aliphatic heterocycles. The molecule has 4 aromatic rings. The Labute approximate surface area is 190 Å². The molecule has 0 N–H and O–H groups in total. The number of nitrogens with zero attached hydrogens (tertiary/aromatic N) is 2. The van der Waals surface area contributed by atoms with E-state index in [1.165, 1.54) is 11.3 Å². The van der Waals surface area contributed by atoms with Gasteiger partial charge in [0.2, 0.25) is 5.76 Å². The number of amides is 1. The first kappa shape index (κ1) is 20.0. The second-order valence-electron chi connectivity index (χ2n) is 7.30. The molecule has 2 aromatic heterocycles. The third kappa shape index (κ3) is 3.09. The highest BCUT2D eigenvalue weighted by atomic mass is 79.9. The molecule has 2 aromatic carbocycles. The van der Waals surface area contributed by atoms with Crippen LogP contribution in [0.1, 0.15) is 38.3 Å². The van der Waals surface area contributed by atoms with E-state index in [9.17, 15) is 9.59 Å². The molecular formula is C23H17BrN2O4S. The lowest BCUT2D eigenvalue weighted by Crippen LogP contribution is -2.29. The smallest absolute Gasteiger partial charge is 0.297 e. The normalized spacial score (nSPS) is 15.5. The monoisotopic (exact) mass is 496 g/mol. The van der Waals surface area contributed by atoms with Crippen LogP contribution in [0.25, 0.3) is 11.0 Å². The number of anilines is 1. The van der Waals surface area contributed by atoms with Gasteiger partial charge in [0.25, 0.3) is 5.91 Å². The molecule has 1 amide bonds. The molecule has 0 spiro atoms. The van der Waals surface area contributed by atoms with Gasteiger partial charge in [0.15, 0.2) is 10.6 Å². The van der Waals surface area contributed by atoms with Crippen molar-refractivity contribution in [1.29, 1.82) is 0 Å². The summed E-state index contributed by atoms with van der Waals surface area (Å²) in [5, 5.41) is 0.963. The van der Waals surface area contributed by atoms with E-state index in [-0.39, 0.29) is 17.1 Å². The van der Waals surface area contributed by atoms with Crippen molar-refractivity contribution in [2.45, 2.75) is 19.9 Å². The number of carbonyl (C=O) groups excluding carboxylic acids is 1. The lowest BCUT2D eigenvalue weighted by atomic mass is 9.98. The zero-order valence-corrected chi connectivity index (χ0v) is 19.3. The first-order valence-corrected chi connectivity index (χ1v) is 11.2. The third-order valence-electron chi connectivity index (χ3n) is 5.49. The summed E-state index contributed by atoms with van der Waals surface area (Å²) in [5.41, 5.74) is 2.11. The van der Waals surface area contributed by atoms with E-state index < -0.39 is 6.04 Å². The molecule has 5 rings (SSSR count). The van der Waals surface area contributed by atoms with E-state index in [1.54, 1.807) is 30.2 Å². The number of halogens is 1. The van der Waals surface area contributed by atoms with Crippen molar-refractivity contribution in [1.82, 2.24) is 4.98 Å². The van der Waals surface area contributed by atoms with E-state index >= 15 is 0 Å². The van der Waals surface area contributed by atoms with Gasteiger partial charge in [0.1, 0.15) is 11.3 Å². The Morgan fingerprint density at radius 1 is 1.13 bits per heavy atom. The molecule has 0 saturated carbocycles. The Kier molecular flexibility index (Phi) is 4.71. The standard InChI is InChI=1S/C23H17BrN2O4S/c1-11-12(2)31-23(25-11)26-19(13-4-7-15(29-3)8-5-13)18-20(27)16-10-14(24)6-9-17(16)30-21(18)22(26)28/h4-10,19H,1-3H3/t19-/m0/s1. The van der Waals surface area contributed by atoms with Crippen molar-refractivity contribution in [2.24, 2.45) is 0 Å². The molecular weight excluding hydrogens is 480 g/mol. The summed E-state index contributed by atoms with van der Waals surface area (Å²) >= 11 is 4.84. The maximum atomic E-state index is 13.6. The summed E-state index contributed by atoms with van der Waals surface area (Å²) in [6.07, 6.45) is 0. The second-order valence-corrected chi connectivity index (χ2v) is 9.40. The summed E-state index contributed by atoms with van der Waals surface area (Å²) in [4.78, 5) is 34.3. The minimum atomic E-state index is -0.641. The Morgan fingerprint density at radius 3 is 2.52 bits per heavy atom. The number of hydrogen-bond acceptors (Lipinski definition) is 6. The van der Waals surface area contributed by atoms with Crippen molar-refractivity contribution in [3.8, 4) is 5.75 Å². The van der Waals surface area contributed by atoms with Crippen LogP contribution in [0.15, 0.2) is 56.1 Å². The maximum absolute atomic E-state index is 13.6. The van der Waals surface area contributed by atoms with Gasteiger partial charge in [-0.1, -0.05) is 28.1 Å². The van der Waals surface area contributed by atoms with Crippen LogP contribution in [0.2, 0.25) is 0 Å². The zero-order valence-electron chi connectivity index (χ0n) is 16.9. The predicted octanol–water partition coefficient (Wildman–Crippen LogP) is 5.39. The van der Waals surface area contributed by atoms with Crippen molar-refractivity contribution < 1.29 is 13.9 Å². The minimum absolute atomic E-state index is 0.0612. The van der Waals surface area contributed by atoms with Crippen molar-refractivity contribution in [3.05, 3.63) is 84.6 Å². The number of aromatic nitrogens is 1. The summed E-state index contributed by atoms with van der Waals surface area (Å²) in [6, 6.07) is 11.9. The summed E-state index contributed by atoms with van der Waals surface area (Å²) in [7, 11) is 1.59. The first-order valence-electron chi connectivity index (χ1n) is 9.57. The van der Waals surface area contributed by atoms with Crippen LogP contribution in [-0.2, 0) is 0 Å². The summed E-state index contributed by atoms with van der Waals surface area (Å²) < 4.78 is 12.0. The van der Waals surface area contributed by atoms with Gasteiger partial charge in [-0.25, -0.2) is 4.98 Å². The lowest BCUT2D eigenvalue weighted by molar-refractivity contribution is 0.0971. The van der Waals surface area contributed by atoms with Gasteiger partial charge < -0.3 is 9.15 Å². The zero-order chi connectivity index (χ0) is 21.9. The van der Waals surface area contributed by atoms with Crippen molar-refractivity contribution in [2.75, 3.05) is 12.0 Å². The third-order valence-corrected chi connectivity index (χ3v) is 7.05. The van der Waals surface area contributed by atoms with Crippen LogP contribution in [0.5, 0.6) is 5.75 Å². The number of methoxy groups -OCH3 is 1. The van der Waals surface area contributed by atoms with Crippen LogP contribution >= 0.6 is 27.3 Å². The van der Waals surface area contributed by atoms with Crippen LogP contribution < -0.4 is 15.1 Å². The maximum Gasteiger partial charge on any atom is 0.297 e. The second kappa shape index (κ2) is 7.32. The molecule has 6 nitrogen and oxygen atoms in total. The largest absolute Gasteiger partial charge is 0.497 e. The number of rotatable bonds is 3. The number of aryl methyl sites for hydroxylation is 2. The van der Waals surface area contributed by atoms with Gasteiger partial charge in [0, 0.05) is 9.35 Å². The van der Waals surface area contributed by atoms with Gasteiger partial charge in [-0.3, -0.25) is 14.5 Å². The Hall–Kier alpha value is -2.97. The molecule has 0 unspecified atom stereocenters. The van der Waals surface area contributed by atoms with E-state index in [4.69, 9.17) is 9.15 Å². The SMILES string of the molecule is COc1ccc([C@H]2c3c(oc4ccc(Br)cc4c3=O)C(=O)N2c2nc(C)c(C)s2)cc1. The van der Waals surface area contributed by atoms with Gasteiger partial charge in [-0.05, 0) is 49.7 Å². The molecule has 3 heterocycles. The van der Waals surface area contributed by atoms with Crippen molar-refractivity contribution in [3.63, 3.8) is 0 Å². The van der Waals surface area contributed by atoms with Gasteiger partial charge >= 0.3 is 0 Å². The number of carbonyl (C=O) groups is 1. The van der Waals surface area contributed by atoms with Crippen LogP contribution in [0, 0.1) is 13.8 Å². The molecule has 0 bridgehead atoms. The van der Waals surface area contributed by atoms with Gasteiger partial charge in [0.05, 0.1) is 29.8 Å². The number of benzene rings is 2. The fourth-order valence-electron chi connectivity index (χ4n) is 3.80. The summed E-state index contributed by atoms with van der Waals surface area (Å²) in [6.45, 7) is 3.86. The number of fused-ring (bicyclic) bond motifs is 2. The minimum Gasteiger partial charge on any atom is -0.497 e. The van der Waals surface area contributed by atoms with E-state index in [2.05, 4.69) is 20.9 Å². The number of hydrogen-bond donors (Lipinski definition) is 0. The van der Waals surface area contributed by atoms with E-state index in [0.29, 0.717) is 27.4 Å². The molecule has 0 aliphatic carbocycles. The average molecular weight is 497 g/mol. The fraction of sp³-hybridized carbons (Fsp3) is 0.174. The Morgan fingerprint density at radius 2 is 1.87 bits per heavy atom. The first-order chi connectivity index (χ1) is 14.9. The number of ether oxygens (including phenoxy) is 1. The molecule has 0 radical (unpaired) electrons. The van der Waals surface area contributed by atoms with E-state index in [1.807, 2.05) is 38.1 Å². The number of thiazole rings is 1. The fourth-order valence-corrected chi connectivity index (χ4v) is 5.10. The topological polar surface area (TPSA) is 72.6 Å². The lowest BCUT2D eigenvalue weighted by Gasteiger charge is -2.22. The van der Waals surface area contributed by atoms with Crippen LogP contribution in [0.4, 0.5) is 5.13 Å². The highest BCUT2D eigenvalue weighted by Gasteiger charge is 2.45. The molecule has 156 valence electrons. The summed E-state index contributed by atoms with van der Waals surface area (Å²) in [5.74, 6) is 0.382. The van der Waals surface area contributed by atoms with Crippen molar-refractivity contribution >= 4 is 49.3 Å². The molecule has 31 heavy (non-hydrogen) atoms. The Bertz CT molecular complexity index is 1390. The van der Waals surface area contributed by atoms with Crippen LogP contribution in [0.3, 0.4) is 0 Å². The van der Waals surface area contributed by atoms with Crippen LogP contribution in [-0.4, -0.2) is 18.0 Å². The van der Waals surface area contributed by atoms with Gasteiger partial charge in [-0.15, -0.1) is 11.3 Å². The molecule has 8 heteroatoms. The molecule has 0 fully saturated rings. The highest BCUT2D eigenvalue weighted by Crippen LogP contribution is 2.43. The quantitative estimate of drug-likeness (QED) is 0.380. The molecule has 0 saturated heterocycles. The van der Waals surface area contributed by atoms with E-state index in [0.717, 1.165) is 20.6 Å².